The summed E-state index contributed by atoms with van der Waals surface area (Å²) in [5.41, 5.74) is 1.82. The van der Waals surface area contributed by atoms with E-state index in [1.54, 1.807) is 6.07 Å². The summed E-state index contributed by atoms with van der Waals surface area (Å²) in [6.07, 6.45) is 4.63. The van der Waals surface area contributed by atoms with Crippen molar-refractivity contribution >= 4 is 38.2 Å². The van der Waals surface area contributed by atoms with E-state index in [1.165, 1.54) is 30.6 Å². The van der Waals surface area contributed by atoms with E-state index >= 15 is 0 Å². The van der Waals surface area contributed by atoms with Crippen LogP contribution < -0.4 is 10.9 Å². The molecule has 4 rings (SSSR count). The number of aromatic nitrogens is 1. The third-order valence-electron chi connectivity index (χ3n) is 5.30. The van der Waals surface area contributed by atoms with Crippen LogP contribution in [0, 0.1) is 12.8 Å². The van der Waals surface area contributed by atoms with Gasteiger partial charge >= 0.3 is 0 Å². The second-order valence-electron chi connectivity index (χ2n) is 7.20. The SMILES string of the molecule is Cc1ccc2[nH]c(=O)c3cc(C(=O)N[C@@H]4CCCC[C@H]4C)sc3c2c1. The fraction of sp³-hybridized carbons (Fsp3) is 0.400. The molecule has 130 valence electrons. The molecule has 0 saturated heterocycles. The van der Waals surface area contributed by atoms with Crippen LogP contribution >= 0.6 is 11.3 Å². The van der Waals surface area contributed by atoms with E-state index in [9.17, 15) is 9.59 Å². The number of hydrogen-bond donors (Lipinski definition) is 2. The summed E-state index contributed by atoms with van der Waals surface area (Å²) in [6, 6.07) is 7.95. The molecule has 2 N–H and O–H groups in total. The summed E-state index contributed by atoms with van der Waals surface area (Å²) < 4.78 is 0.893. The number of carbonyl (C=O) groups is 1. The standard InChI is InChI=1S/C20H22N2O2S/c1-11-7-8-16-13(9-11)18-14(19(23)22-16)10-17(25-18)20(24)21-15-6-4-3-5-12(15)2/h7-10,12,15H,3-6H2,1-2H3,(H,21,24)(H,22,23)/t12-,15-/m1/s1. The third kappa shape index (κ3) is 2.97. The highest BCUT2D eigenvalue weighted by atomic mass is 32.1. The molecular formula is C20H22N2O2S. The van der Waals surface area contributed by atoms with E-state index in [1.807, 2.05) is 19.1 Å². The van der Waals surface area contributed by atoms with Crippen LogP contribution in [0.1, 0.15) is 47.8 Å². The predicted molar refractivity (Wildman–Crippen MR) is 104 cm³/mol. The van der Waals surface area contributed by atoms with Crippen molar-refractivity contribution in [1.82, 2.24) is 10.3 Å². The quantitative estimate of drug-likeness (QED) is 0.718. The summed E-state index contributed by atoms with van der Waals surface area (Å²) >= 11 is 1.42. The number of fused-ring (bicyclic) bond motifs is 3. The molecule has 0 unspecified atom stereocenters. The number of carbonyl (C=O) groups excluding carboxylic acids is 1. The molecule has 2 aromatic heterocycles. The average Bonchev–Trinajstić information content (AvgIpc) is 3.04. The number of nitrogens with one attached hydrogen (secondary N) is 2. The Hall–Kier alpha value is -2.14. The Kier molecular flexibility index (Phi) is 4.12. The number of amides is 1. The van der Waals surface area contributed by atoms with Crippen LogP contribution in [0.4, 0.5) is 0 Å². The van der Waals surface area contributed by atoms with Crippen LogP contribution in [-0.4, -0.2) is 16.9 Å². The van der Waals surface area contributed by atoms with Gasteiger partial charge in [-0.05, 0) is 43.9 Å². The molecule has 25 heavy (non-hydrogen) atoms. The summed E-state index contributed by atoms with van der Waals surface area (Å²) in [7, 11) is 0. The molecule has 3 aromatic rings. The number of aryl methyl sites for hydroxylation is 1. The highest BCUT2D eigenvalue weighted by Gasteiger charge is 2.24. The van der Waals surface area contributed by atoms with Crippen molar-refractivity contribution in [2.75, 3.05) is 0 Å². The van der Waals surface area contributed by atoms with Gasteiger partial charge in [0.15, 0.2) is 0 Å². The van der Waals surface area contributed by atoms with Crippen molar-refractivity contribution in [3.8, 4) is 0 Å². The molecule has 1 aliphatic carbocycles. The van der Waals surface area contributed by atoms with Gasteiger partial charge < -0.3 is 10.3 Å². The Bertz CT molecular complexity index is 1020. The smallest absolute Gasteiger partial charge is 0.261 e. The molecule has 1 aromatic carbocycles. The summed E-state index contributed by atoms with van der Waals surface area (Å²) in [4.78, 5) is 28.6. The maximum atomic E-state index is 12.7. The summed E-state index contributed by atoms with van der Waals surface area (Å²) in [5.74, 6) is 0.458. The molecule has 0 spiro atoms. The first kappa shape index (κ1) is 16.3. The fourth-order valence-corrected chi connectivity index (χ4v) is 4.88. The van der Waals surface area contributed by atoms with Gasteiger partial charge in [-0.15, -0.1) is 11.3 Å². The lowest BCUT2D eigenvalue weighted by molar-refractivity contribution is 0.0914. The highest BCUT2D eigenvalue weighted by Crippen LogP contribution is 2.31. The normalized spacial score (nSPS) is 20.9. The fourth-order valence-electron chi connectivity index (χ4n) is 3.79. The zero-order chi connectivity index (χ0) is 17.6. The molecule has 4 nitrogen and oxygen atoms in total. The Morgan fingerprint density at radius 1 is 1.20 bits per heavy atom. The first-order valence-corrected chi connectivity index (χ1v) is 9.71. The predicted octanol–water partition coefficient (Wildman–Crippen LogP) is 4.36. The lowest BCUT2D eigenvalue weighted by Crippen LogP contribution is -2.40. The minimum atomic E-state index is -0.132. The van der Waals surface area contributed by atoms with E-state index in [2.05, 4.69) is 23.3 Å². The molecule has 2 heterocycles. The van der Waals surface area contributed by atoms with Crippen LogP contribution in [0.2, 0.25) is 0 Å². The Morgan fingerprint density at radius 2 is 2.00 bits per heavy atom. The molecule has 5 heteroatoms. The number of aromatic amines is 1. The van der Waals surface area contributed by atoms with Crippen molar-refractivity contribution < 1.29 is 4.79 Å². The summed E-state index contributed by atoms with van der Waals surface area (Å²) in [5, 5.41) is 4.79. The van der Waals surface area contributed by atoms with Crippen molar-refractivity contribution in [3.63, 3.8) is 0 Å². The van der Waals surface area contributed by atoms with Crippen LogP contribution in [0.25, 0.3) is 21.0 Å². The number of rotatable bonds is 2. The zero-order valence-electron chi connectivity index (χ0n) is 14.5. The maximum absolute atomic E-state index is 12.7. The first-order chi connectivity index (χ1) is 12.0. The molecule has 1 amide bonds. The van der Waals surface area contributed by atoms with Crippen molar-refractivity contribution in [2.24, 2.45) is 5.92 Å². The molecule has 1 fully saturated rings. The number of benzene rings is 1. The molecule has 1 saturated carbocycles. The van der Waals surface area contributed by atoms with E-state index < -0.39 is 0 Å². The minimum Gasteiger partial charge on any atom is -0.348 e. The van der Waals surface area contributed by atoms with Gasteiger partial charge in [-0.1, -0.05) is 31.4 Å². The van der Waals surface area contributed by atoms with Crippen molar-refractivity contribution in [3.05, 3.63) is 45.1 Å². The van der Waals surface area contributed by atoms with Gasteiger partial charge in [-0.25, -0.2) is 0 Å². The van der Waals surface area contributed by atoms with E-state index in [0.717, 1.165) is 27.6 Å². The topological polar surface area (TPSA) is 62.0 Å². The third-order valence-corrected chi connectivity index (χ3v) is 6.46. The van der Waals surface area contributed by atoms with Crippen molar-refractivity contribution in [2.45, 2.75) is 45.6 Å². The van der Waals surface area contributed by atoms with Crippen LogP contribution in [-0.2, 0) is 0 Å². The van der Waals surface area contributed by atoms with Gasteiger partial charge in [-0.2, -0.15) is 0 Å². The lowest BCUT2D eigenvalue weighted by atomic mass is 9.86. The van der Waals surface area contributed by atoms with Gasteiger partial charge in [0.2, 0.25) is 0 Å². The van der Waals surface area contributed by atoms with Gasteiger partial charge in [-0.3, -0.25) is 9.59 Å². The molecule has 0 aliphatic heterocycles. The zero-order valence-corrected chi connectivity index (χ0v) is 15.3. The van der Waals surface area contributed by atoms with Crippen LogP contribution in [0.5, 0.6) is 0 Å². The maximum Gasteiger partial charge on any atom is 0.261 e. The second kappa shape index (κ2) is 6.30. The molecule has 1 aliphatic rings. The molecule has 0 radical (unpaired) electrons. The van der Waals surface area contributed by atoms with E-state index in [-0.39, 0.29) is 17.5 Å². The van der Waals surface area contributed by atoms with Crippen LogP contribution in [0.3, 0.4) is 0 Å². The van der Waals surface area contributed by atoms with Crippen LogP contribution in [0.15, 0.2) is 29.1 Å². The van der Waals surface area contributed by atoms with E-state index in [4.69, 9.17) is 0 Å². The first-order valence-electron chi connectivity index (χ1n) is 8.90. The lowest BCUT2D eigenvalue weighted by Gasteiger charge is -2.29. The molecule has 2 atom stereocenters. The highest BCUT2D eigenvalue weighted by molar-refractivity contribution is 7.21. The van der Waals surface area contributed by atoms with E-state index in [0.29, 0.717) is 16.2 Å². The van der Waals surface area contributed by atoms with Gasteiger partial charge in [0.1, 0.15) is 0 Å². The van der Waals surface area contributed by atoms with Crippen molar-refractivity contribution in [1.29, 1.82) is 0 Å². The molecular weight excluding hydrogens is 332 g/mol. The Morgan fingerprint density at radius 3 is 2.80 bits per heavy atom. The van der Waals surface area contributed by atoms with Gasteiger partial charge in [0.25, 0.3) is 11.5 Å². The summed E-state index contributed by atoms with van der Waals surface area (Å²) in [6.45, 7) is 4.23. The van der Waals surface area contributed by atoms with Gasteiger partial charge in [0, 0.05) is 21.6 Å². The average molecular weight is 354 g/mol. The largest absolute Gasteiger partial charge is 0.348 e. The second-order valence-corrected chi connectivity index (χ2v) is 8.25. The number of hydrogen-bond acceptors (Lipinski definition) is 3. The number of H-pyrrole nitrogens is 1. The Labute approximate surface area is 150 Å². The number of pyridine rings is 1. The monoisotopic (exact) mass is 354 g/mol. The number of thiophene rings is 1. The minimum absolute atomic E-state index is 0.0554. The Balaban J connectivity index is 1.74. The van der Waals surface area contributed by atoms with Gasteiger partial charge in [0.05, 0.1) is 10.3 Å². The molecule has 0 bridgehead atoms.